The van der Waals surface area contributed by atoms with Gasteiger partial charge in [0, 0.05) is 6.54 Å². The Morgan fingerprint density at radius 3 is 2.93 bits per heavy atom. The van der Waals surface area contributed by atoms with Crippen LogP contribution in [0.5, 0.6) is 0 Å². The quantitative estimate of drug-likeness (QED) is 0.650. The van der Waals surface area contributed by atoms with Crippen LogP contribution >= 0.6 is 0 Å². The highest BCUT2D eigenvalue weighted by Crippen LogP contribution is 2.29. The SMILES string of the molecule is COC(=O)N1CCc2ccccc2[C@@H]1C. The monoisotopic (exact) mass is 205 g/mol. The lowest BCUT2D eigenvalue weighted by atomic mass is 9.94. The minimum absolute atomic E-state index is 0.113. The van der Waals surface area contributed by atoms with Crippen LogP contribution in [0.15, 0.2) is 24.3 Å². The van der Waals surface area contributed by atoms with E-state index >= 15 is 0 Å². The summed E-state index contributed by atoms with van der Waals surface area (Å²) in [5.74, 6) is 0. The van der Waals surface area contributed by atoms with E-state index in [0.29, 0.717) is 0 Å². The number of hydrogen-bond donors (Lipinski definition) is 0. The molecule has 1 aliphatic rings. The van der Waals surface area contributed by atoms with Crippen molar-refractivity contribution in [2.75, 3.05) is 13.7 Å². The Balaban J connectivity index is 2.29. The Morgan fingerprint density at radius 1 is 1.47 bits per heavy atom. The highest BCUT2D eigenvalue weighted by Gasteiger charge is 2.27. The summed E-state index contributed by atoms with van der Waals surface area (Å²) in [6.45, 7) is 2.78. The standard InChI is InChI=1S/C12H15NO2/c1-9-11-6-4-3-5-10(11)7-8-13(9)12(14)15-2/h3-6,9H,7-8H2,1-2H3/t9-/m0/s1. The molecule has 1 aliphatic heterocycles. The molecule has 1 atom stereocenters. The van der Waals surface area contributed by atoms with Gasteiger partial charge in [-0.25, -0.2) is 4.79 Å². The van der Waals surface area contributed by atoms with Gasteiger partial charge in [-0.3, -0.25) is 0 Å². The maximum Gasteiger partial charge on any atom is 0.409 e. The number of methoxy groups -OCH3 is 1. The Hall–Kier alpha value is -1.51. The molecule has 0 fully saturated rings. The van der Waals surface area contributed by atoms with Crippen LogP contribution in [0.1, 0.15) is 24.1 Å². The second-order valence-corrected chi connectivity index (χ2v) is 3.79. The van der Waals surface area contributed by atoms with Crippen molar-refractivity contribution in [2.24, 2.45) is 0 Å². The van der Waals surface area contributed by atoms with Crippen LogP contribution in [-0.4, -0.2) is 24.6 Å². The van der Waals surface area contributed by atoms with Gasteiger partial charge in [0.1, 0.15) is 0 Å². The first-order valence-corrected chi connectivity index (χ1v) is 5.16. The van der Waals surface area contributed by atoms with E-state index in [2.05, 4.69) is 12.1 Å². The van der Waals surface area contributed by atoms with Gasteiger partial charge in [0.2, 0.25) is 0 Å². The summed E-state index contributed by atoms with van der Waals surface area (Å²) in [6, 6.07) is 8.37. The van der Waals surface area contributed by atoms with Gasteiger partial charge < -0.3 is 9.64 Å². The van der Waals surface area contributed by atoms with Crippen molar-refractivity contribution in [3.8, 4) is 0 Å². The number of carbonyl (C=O) groups is 1. The number of fused-ring (bicyclic) bond motifs is 1. The van der Waals surface area contributed by atoms with Crippen molar-refractivity contribution in [1.29, 1.82) is 0 Å². The summed E-state index contributed by atoms with van der Waals surface area (Å²) in [5, 5.41) is 0. The molecule has 80 valence electrons. The predicted octanol–water partition coefficient (Wildman–Crippen LogP) is 2.37. The largest absolute Gasteiger partial charge is 0.453 e. The molecule has 1 aromatic carbocycles. The van der Waals surface area contributed by atoms with Crippen LogP contribution in [-0.2, 0) is 11.2 Å². The molecule has 0 saturated carbocycles. The Kier molecular flexibility index (Phi) is 2.62. The first-order chi connectivity index (χ1) is 7.24. The summed E-state index contributed by atoms with van der Waals surface area (Å²) in [7, 11) is 1.43. The fourth-order valence-corrected chi connectivity index (χ4v) is 2.14. The van der Waals surface area contributed by atoms with Crippen LogP contribution in [0.25, 0.3) is 0 Å². The van der Waals surface area contributed by atoms with Gasteiger partial charge in [0.15, 0.2) is 0 Å². The van der Waals surface area contributed by atoms with E-state index in [0.717, 1.165) is 13.0 Å². The normalized spacial score (nSPS) is 19.6. The average Bonchev–Trinajstić information content (AvgIpc) is 2.29. The average molecular weight is 205 g/mol. The topological polar surface area (TPSA) is 29.5 Å². The van der Waals surface area contributed by atoms with E-state index in [-0.39, 0.29) is 12.1 Å². The first kappa shape index (κ1) is 10.0. The summed E-state index contributed by atoms with van der Waals surface area (Å²) in [4.78, 5) is 13.3. The Labute approximate surface area is 89.7 Å². The molecule has 3 heteroatoms. The summed E-state index contributed by atoms with van der Waals surface area (Å²) in [5.41, 5.74) is 2.57. The molecule has 0 radical (unpaired) electrons. The summed E-state index contributed by atoms with van der Waals surface area (Å²) in [6.07, 6.45) is 0.673. The van der Waals surface area contributed by atoms with Gasteiger partial charge in [0.25, 0.3) is 0 Å². The zero-order chi connectivity index (χ0) is 10.8. The Morgan fingerprint density at radius 2 is 2.20 bits per heavy atom. The molecular weight excluding hydrogens is 190 g/mol. The van der Waals surface area contributed by atoms with Gasteiger partial charge in [0.05, 0.1) is 13.2 Å². The van der Waals surface area contributed by atoms with Gasteiger partial charge in [-0.05, 0) is 24.5 Å². The molecule has 0 aliphatic carbocycles. The van der Waals surface area contributed by atoms with Crippen LogP contribution < -0.4 is 0 Å². The molecule has 3 nitrogen and oxygen atoms in total. The van der Waals surface area contributed by atoms with Crippen molar-refractivity contribution in [1.82, 2.24) is 4.90 Å². The number of benzene rings is 1. The summed E-state index contributed by atoms with van der Waals surface area (Å²) < 4.78 is 4.76. The minimum Gasteiger partial charge on any atom is -0.453 e. The molecule has 1 aromatic rings. The highest BCUT2D eigenvalue weighted by molar-refractivity contribution is 5.68. The molecular formula is C12H15NO2. The number of amides is 1. The zero-order valence-electron chi connectivity index (χ0n) is 9.06. The second kappa shape index (κ2) is 3.93. The van der Waals surface area contributed by atoms with E-state index in [1.807, 2.05) is 19.1 Å². The van der Waals surface area contributed by atoms with Crippen LogP contribution in [0.4, 0.5) is 4.79 Å². The molecule has 2 rings (SSSR count). The maximum atomic E-state index is 11.5. The maximum absolute atomic E-state index is 11.5. The van der Waals surface area contributed by atoms with Gasteiger partial charge >= 0.3 is 6.09 Å². The number of hydrogen-bond acceptors (Lipinski definition) is 2. The molecule has 1 heterocycles. The molecule has 0 N–H and O–H groups in total. The third-order valence-electron chi connectivity index (χ3n) is 3.00. The first-order valence-electron chi connectivity index (χ1n) is 5.16. The smallest absolute Gasteiger partial charge is 0.409 e. The Bertz CT molecular complexity index is 376. The molecule has 0 aromatic heterocycles. The zero-order valence-corrected chi connectivity index (χ0v) is 9.06. The van der Waals surface area contributed by atoms with Crippen molar-refractivity contribution >= 4 is 6.09 Å². The molecule has 0 saturated heterocycles. The second-order valence-electron chi connectivity index (χ2n) is 3.79. The minimum atomic E-state index is -0.239. The van der Waals surface area contributed by atoms with Gasteiger partial charge in [-0.2, -0.15) is 0 Å². The van der Waals surface area contributed by atoms with Crippen molar-refractivity contribution in [3.63, 3.8) is 0 Å². The summed E-state index contributed by atoms with van der Waals surface area (Å²) >= 11 is 0. The van der Waals surface area contributed by atoms with Crippen LogP contribution in [0, 0.1) is 0 Å². The number of carbonyl (C=O) groups excluding carboxylic acids is 1. The van der Waals surface area contributed by atoms with Gasteiger partial charge in [-0.1, -0.05) is 24.3 Å². The third-order valence-corrected chi connectivity index (χ3v) is 3.00. The molecule has 1 amide bonds. The van der Waals surface area contributed by atoms with Crippen LogP contribution in [0.3, 0.4) is 0 Å². The van der Waals surface area contributed by atoms with E-state index in [4.69, 9.17) is 4.74 Å². The van der Waals surface area contributed by atoms with E-state index in [1.54, 1.807) is 4.90 Å². The fraction of sp³-hybridized carbons (Fsp3) is 0.417. The third kappa shape index (κ3) is 1.69. The number of nitrogens with zero attached hydrogens (tertiary/aromatic N) is 1. The molecule has 0 unspecified atom stereocenters. The van der Waals surface area contributed by atoms with E-state index in [9.17, 15) is 4.79 Å². The van der Waals surface area contributed by atoms with Crippen molar-refractivity contribution in [2.45, 2.75) is 19.4 Å². The van der Waals surface area contributed by atoms with Crippen molar-refractivity contribution in [3.05, 3.63) is 35.4 Å². The highest BCUT2D eigenvalue weighted by atomic mass is 16.5. The molecule has 0 spiro atoms. The van der Waals surface area contributed by atoms with Crippen molar-refractivity contribution < 1.29 is 9.53 Å². The molecule has 15 heavy (non-hydrogen) atoms. The lowest BCUT2D eigenvalue weighted by molar-refractivity contribution is 0.105. The number of rotatable bonds is 0. The fourth-order valence-electron chi connectivity index (χ4n) is 2.14. The lowest BCUT2D eigenvalue weighted by Crippen LogP contribution is -2.38. The lowest BCUT2D eigenvalue weighted by Gasteiger charge is -2.33. The van der Waals surface area contributed by atoms with Gasteiger partial charge in [-0.15, -0.1) is 0 Å². The molecule has 0 bridgehead atoms. The predicted molar refractivity (Wildman–Crippen MR) is 57.7 cm³/mol. The van der Waals surface area contributed by atoms with E-state index in [1.165, 1.54) is 18.2 Å². The van der Waals surface area contributed by atoms with E-state index < -0.39 is 0 Å². The van der Waals surface area contributed by atoms with Crippen LogP contribution in [0.2, 0.25) is 0 Å². The number of ether oxygens (including phenoxy) is 1.